The Hall–Kier alpha value is -0.0800. The van der Waals surface area contributed by atoms with Crippen molar-refractivity contribution in [2.45, 2.75) is 37.8 Å². The van der Waals surface area contributed by atoms with E-state index in [4.69, 9.17) is 5.73 Å². The number of hydrogen-bond acceptors (Lipinski definition) is 1. The molecular weight excluding hydrogens is 100 g/mol. The van der Waals surface area contributed by atoms with Crippen LogP contribution in [0.2, 0.25) is 0 Å². The number of quaternary nitrogens is 1. The van der Waals surface area contributed by atoms with Crippen LogP contribution in [0.1, 0.15) is 25.7 Å². The summed E-state index contributed by atoms with van der Waals surface area (Å²) < 4.78 is 0. The van der Waals surface area contributed by atoms with Crippen molar-refractivity contribution in [1.82, 2.24) is 0 Å². The third kappa shape index (κ3) is 1.20. The predicted octanol–water partition coefficient (Wildman–Crippen LogP) is -0.502. The molecule has 1 aliphatic rings. The summed E-state index contributed by atoms with van der Waals surface area (Å²) in [6.45, 7) is 0. The minimum Gasteiger partial charge on any atom is -0.354 e. The van der Waals surface area contributed by atoms with Crippen LogP contribution in [-0.2, 0) is 0 Å². The zero-order valence-electron chi connectivity index (χ0n) is 5.27. The first-order chi connectivity index (χ1) is 3.80. The zero-order valence-corrected chi connectivity index (χ0v) is 5.27. The molecule has 1 saturated carbocycles. The first-order valence-electron chi connectivity index (χ1n) is 3.39. The van der Waals surface area contributed by atoms with Crippen molar-refractivity contribution in [3.8, 4) is 0 Å². The van der Waals surface area contributed by atoms with Gasteiger partial charge in [0.25, 0.3) is 0 Å². The van der Waals surface area contributed by atoms with Crippen LogP contribution in [0.15, 0.2) is 0 Å². The van der Waals surface area contributed by atoms with Crippen molar-refractivity contribution in [3.05, 3.63) is 0 Å². The van der Waals surface area contributed by atoms with E-state index < -0.39 is 0 Å². The van der Waals surface area contributed by atoms with Gasteiger partial charge in [0.15, 0.2) is 0 Å². The number of nitrogens with two attached hydrogens (primary N) is 1. The van der Waals surface area contributed by atoms with Crippen molar-refractivity contribution in [3.63, 3.8) is 0 Å². The van der Waals surface area contributed by atoms with Crippen LogP contribution < -0.4 is 11.5 Å². The lowest BCUT2D eigenvalue weighted by Gasteiger charge is -2.21. The molecule has 8 heavy (non-hydrogen) atoms. The molecule has 0 heterocycles. The Labute approximate surface area is 50.2 Å². The van der Waals surface area contributed by atoms with Gasteiger partial charge in [0, 0.05) is 6.42 Å². The quantitative estimate of drug-likeness (QED) is 0.439. The van der Waals surface area contributed by atoms with Gasteiger partial charge >= 0.3 is 0 Å². The summed E-state index contributed by atoms with van der Waals surface area (Å²) in [5.41, 5.74) is 9.67. The molecule has 2 atom stereocenters. The van der Waals surface area contributed by atoms with Gasteiger partial charge in [0.2, 0.25) is 0 Å². The van der Waals surface area contributed by atoms with Crippen LogP contribution in [0.5, 0.6) is 0 Å². The Morgan fingerprint density at radius 2 is 1.88 bits per heavy atom. The van der Waals surface area contributed by atoms with E-state index in [2.05, 4.69) is 5.73 Å². The van der Waals surface area contributed by atoms with E-state index in [1.54, 1.807) is 0 Å². The fourth-order valence-electron chi connectivity index (χ4n) is 1.24. The Morgan fingerprint density at radius 1 is 1.25 bits per heavy atom. The summed E-state index contributed by atoms with van der Waals surface area (Å²) in [5, 5.41) is 0. The van der Waals surface area contributed by atoms with E-state index in [1.807, 2.05) is 0 Å². The fraction of sp³-hybridized carbons (Fsp3) is 1.00. The highest BCUT2D eigenvalue weighted by atomic mass is 14.8. The third-order valence-corrected chi connectivity index (χ3v) is 1.97. The molecule has 0 aromatic carbocycles. The summed E-state index contributed by atoms with van der Waals surface area (Å²) in [6.07, 6.45) is 5.07. The standard InChI is InChI=1S/C6H14N2/c7-5-3-1-2-4-6(5)8/h5-6H,1-4,7-8H2/p+1/t5-,6?/m1/s1. The maximum Gasteiger partial charge on any atom is 0.0996 e. The largest absolute Gasteiger partial charge is 0.354 e. The Kier molecular flexibility index (Phi) is 1.86. The molecule has 1 fully saturated rings. The SMILES string of the molecule is N[C@@H]1CCCCC1[NH3+]. The Bertz CT molecular complexity index is 62.9. The minimum atomic E-state index is 0.392. The van der Waals surface area contributed by atoms with Crippen molar-refractivity contribution in [1.29, 1.82) is 0 Å². The van der Waals surface area contributed by atoms with E-state index in [-0.39, 0.29) is 0 Å². The lowest BCUT2D eigenvalue weighted by Crippen LogP contribution is -2.69. The van der Waals surface area contributed by atoms with Crippen LogP contribution in [0.4, 0.5) is 0 Å². The topological polar surface area (TPSA) is 53.7 Å². The van der Waals surface area contributed by atoms with Crippen LogP contribution in [-0.4, -0.2) is 12.1 Å². The van der Waals surface area contributed by atoms with E-state index in [0.717, 1.165) is 0 Å². The fourth-order valence-corrected chi connectivity index (χ4v) is 1.24. The molecule has 1 aliphatic carbocycles. The number of hydrogen-bond donors (Lipinski definition) is 2. The summed E-state index contributed by atoms with van der Waals surface area (Å²) in [4.78, 5) is 0. The third-order valence-electron chi connectivity index (χ3n) is 1.97. The molecule has 0 saturated heterocycles. The molecule has 1 rings (SSSR count). The van der Waals surface area contributed by atoms with Crippen molar-refractivity contribution < 1.29 is 5.73 Å². The molecule has 5 N–H and O–H groups in total. The lowest BCUT2D eigenvalue weighted by molar-refractivity contribution is -0.429. The normalized spacial score (nSPS) is 39.8. The molecular formula is C6H15N2+. The molecule has 0 aliphatic heterocycles. The first kappa shape index (κ1) is 6.05. The molecule has 2 nitrogen and oxygen atoms in total. The summed E-state index contributed by atoms with van der Waals surface area (Å²) in [7, 11) is 0. The van der Waals surface area contributed by atoms with Crippen LogP contribution >= 0.6 is 0 Å². The van der Waals surface area contributed by atoms with Gasteiger partial charge < -0.3 is 11.5 Å². The van der Waals surface area contributed by atoms with Gasteiger partial charge in [-0.25, -0.2) is 0 Å². The number of rotatable bonds is 0. The van der Waals surface area contributed by atoms with E-state index in [1.165, 1.54) is 25.7 Å². The average Bonchev–Trinajstić information content (AvgIpc) is 1.77. The first-order valence-corrected chi connectivity index (χ1v) is 3.39. The van der Waals surface area contributed by atoms with Crippen molar-refractivity contribution >= 4 is 0 Å². The van der Waals surface area contributed by atoms with Crippen LogP contribution in [0, 0.1) is 0 Å². The average molecular weight is 115 g/mol. The van der Waals surface area contributed by atoms with Gasteiger partial charge in [-0.2, -0.15) is 0 Å². The highest BCUT2D eigenvalue weighted by molar-refractivity contribution is 4.75. The second-order valence-corrected chi connectivity index (χ2v) is 2.71. The molecule has 48 valence electrons. The van der Waals surface area contributed by atoms with E-state index >= 15 is 0 Å². The monoisotopic (exact) mass is 115 g/mol. The van der Waals surface area contributed by atoms with Gasteiger partial charge in [0.1, 0.15) is 0 Å². The van der Waals surface area contributed by atoms with Gasteiger partial charge in [-0.1, -0.05) is 6.42 Å². The van der Waals surface area contributed by atoms with E-state index in [9.17, 15) is 0 Å². The molecule has 0 spiro atoms. The van der Waals surface area contributed by atoms with Gasteiger partial charge in [-0.3, -0.25) is 0 Å². The molecule has 2 heteroatoms. The summed E-state index contributed by atoms with van der Waals surface area (Å²) >= 11 is 0. The maximum absolute atomic E-state index is 5.72. The second-order valence-electron chi connectivity index (χ2n) is 2.71. The van der Waals surface area contributed by atoms with E-state index in [0.29, 0.717) is 12.1 Å². The molecule has 0 radical (unpaired) electrons. The Morgan fingerprint density at radius 3 is 2.25 bits per heavy atom. The molecule has 0 aromatic rings. The predicted molar refractivity (Wildman–Crippen MR) is 33.1 cm³/mol. The summed E-state index contributed by atoms with van der Waals surface area (Å²) in [6, 6.07) is 0.924. The molecule has 0 bridgehead atoms. The maximum atomic E-state index is 5.72. The molecule has 0 aromatic heterocycles. The van der Waals surface area contributed by atoms with Crippen LogP contribution in [0.3, 0.4) is 0 Å². The zero-order chi connectivity index (χ0) is 5.98. The highest BCUT2D eigenvalue weighted by Crippen LogP contribution is 2.13. The minimum absolute atomic E-state index is 0.392. The van der Waals surface area contributed by atoms with Crippen LogP contribution in [0.25, 0.3) is 0 Å². The van der Waals surface area contributed by atoms with Gasteiger partial charge in [-0.15, -0.1) is 0 Å². The molecule has 1 unspecified atom stereocenters. The van der Waals surface area contributed by atoms with Crippen molar-refractivity contribution in [2.24, 2.45) is 5.73 Å². The van der Waals surface area contributed by atoms with Crippen molar-refractivity contribution in [2.75, 3.05) is 0 Å². The van der Waals surface area contributed by atoms with Gasteiger partial charge in [0.05, 0.1) is 12.1 Å². The molecule has 0 amide bonds. The second kappa shape index (κ2) is 2.46. The van der Waals surface area contributed by atoms with Gasteiger partial charge in [-0.05, 0) is 12.8 Å². The Balaban J connectivity index is 2.28. The highest BCUT2D eigenvalue weighted by Gasteiger charge is 2.19. The smallest absolute Gasteiger partial charge is 0.0996 e. The lowest BCUT2D eigenvalue weighted by atomic mass is 9.92. The summed E-state index contributed by atoms with van der Waals surface area (Å²) in [5.74, 6) is 0.